The lowest BCUT2D eigenvalue weighted by Crippen LogP contribution is -2.13. The quantitative estimate of drug-likeness (QED) is 0.347. The van der Waals surface area contributed by atoms with E-state index in [1.165, 1.54) is 12.1 Å². The molecule has 1 N–H and O–H groups in total. The normalized spacial score (nSPS) is 11.5. The lowest BCUT2D eigenvalue weighted by Gasteiger charge is -2.07. The van der Waals surface area contributed by atoms with Crippen molar-refractivity contribution in [2.45, 2.75) is 15.5 Å². The van der Waals surface area contributed by atoms with Gasteiger partial charge in [-0.05, 0) is 54.6 Å². The fourth-order valence-electron chi connectivity index (χ4n) is 3.09. The molecule has 0 aliphatic carbocycles. The molecule has 8 heteroatoms. The average Bonchev–Trinajstić information content (AvgIpc) is 3.12. The molecule has 1 heterocycles. The van der Waals surface area contributed by atoms with E-state index in [0.29, 0.717) is 22.0 Å². The second kappa shape index (κ2) is 8.78. The molecule has 0 atom stereocenters. The molecule has 1 amide bonds. The van der Waals surface area contributed by atoms with Crippen LogP contribution >= 0.6 is 23.4 Å². The van der Waals surface area contributed by atoms with Gasteiger partial charge in [0.05, 0.1) is 4.90 Å². The Labute approximate surface area is 189 Å². The molecule has 1 aromatic heterocycles. The van der Waals surface area contributed by atoms with Crippen molar-refractivity contribution < 1.29 is 17.6 Å². The fraction of sp³-hybridized carbons (Fsp3) is 0.0870. The Bertz CT molecular complexity index is 1340. The Kier molecular flexibility index (Phi) is 6.09. The number of benzene rings is 3. The maximum absolute atomic E-state index is 13.0. The van der Waals surface area contributed by atoms with Gasteiger partial charge in [0.25, 0.3) is 5.91 Å². The number of furan rings is 1. The summed E-state index contributed by atoms with van der Waals surface area (Å²) < 4.78 is 29.1. The van der Waals surface area contributed by atoms with Crippen LogP contribution in [-0.4, -0.2) is 20.6 Å². The van der Waals surface area contributed by atoms with E-state index >= 15 is 0 Å². The van der Waals surface area contributed by atoms with Crippen molar-refractivity contribution in [3.63, 3.8) is 0 Å². The third kappa shape index (κ3) is 4.95. The summed E-state index contributed by atoms with van der Waals surface area (Å²) in [5, 5.41) is 4.33. The summed E-state index contributed by atoms with van der Waals surface area (Å²) >= 11 is 7.54. The van der Waals surface area contributed by atoms with Crippen molar-refractivity contribution in [3.05, 3.63) is 89.1 Å². The Balaban J connectivity index is 1.61. The second-order valence-electron chi connectivity index (χ2n) is 6.90. The SMILES string of the molecule is CS(=O)(=O)c1ccc(NC(=O)c2oc3ccccc3c2CSc2ccc(Cl)cc2)cc1. The number of rotatable bonds is 6. The molecule has 4 rings (SSSR count). The van der Waals surface area contributed by atoms with E-state index in [0.717, 1.165) is 22.1 Å². The van der Waals surface area contributed by atoms with Gasteiger partial charge in [0.2, 0.25) is 0 Å². The summed E-state index contributed by atoms with van der Waals surface area (Å²) in [6, 6.07) is 21.0. The van der Waals surface area contributed by atoms with E-state index in [9.17, 15) is 13.2 Å². The van der Waals surface area contributed by atoms with Crippen LogP contribution in [0.4, 0.5) is 5.69 Å². The number of thioether (sulfide) groups is 1. The highest BCUT2D eigenvalue weighted by molar-refractivity contribution is 7.98. The van der Waals surface area contributed by atoms with Gasteiger partial charge in [-0.3, -0.25) is 4.79 Å². The first-order chi connectivity index (χ1) is 14.8. The number of para-hydroxylation sites is 1. The molecule has 158 valence electrons. The van der Waals surface area contributed by atoms with Crippen LogP contribution in [0.3, 0.4) is 0 Å². The zero-order chi connectivity index (χ0) is 22.0. The van der Waals surface area contributed by atoms with E-state index in [2.05, 4.69) is 5.32 Å². The van der Waals surface area contributed by atoms with E-state index in [1.54, 1.807) is 23.9 Å². The Hall–Kier alpha value is -2.74. The van der Waals surface area contributed by atoms with Gasteiger partial charge in [0.15, 0.2) is 15.6 Å². The van der Waals surface area contributed by atoms with Crippen molar-refractivity contribution in [1.29, 1.82) is 0 Å². The number of hydrogen-bond donors (Lipinski definition) is 1. The van der Waals surface area contributed by atoms with Gasteiger partial charge in [-0.2, -0.15) is 0 Å². The minimum Gasteiger partial charge on any atom is -0.451 e. The van der Waals surface area contributed by atoms with Crippen molar-refractivity contribution in [1.82, 2.24) is 0 Å². The topological polar surface area (TPSA) is 76.4 Å². The third-order valence-corrected chi connectivity index (χ3v) is 7.06. The second-order valence-corrected chi connectivity index (χ2v) is 10.4. The van der Waals surface area contributed by atoms with Gasteiger partial charge in [-0.1, -0.05) is 29.8 Å². The molecule has 0 bridgehead atoms. The van der Waals surface area contributed by atoms with Crippen LogP contribution in [0, 0.1) is 0 Å². The number of anilines is 1. The van der Waals surface area contributed by atoms with Crippen LogP contribution in [-0.2, 0) is 15.6 Å². The average molecular weight is 472 g/mol. The fourth-order valence-corrected chi connectivity index (χ4v) is 4.77. The summed E-state index contributed by atoms with van der Waals surface area (Å²) in [7, 11) is -3.30. The van der Waals surface area contributed by atoms with Crippen LogP contribution in [0.25, 0.3) is 11.0 Å². The monoisotopic (exact) mass is 471 g/mol. The lowest BCUT2D eigenvalue weighted by molar-refractivity contribution is 0.0998. The van der Waals surface area contributed by atoms with Gasteiger partial charge < -0.3 is 9.73 Å². The molecule has 5 nitrogen and oxygen atoms in total. The molecule has 0 unspecified atom stereocenters. The third-order valence-electron chi connectivity index (χ3n) is 4.64. The van der Waals surface area contributed by atoms with E-state index < -0.39 is 15.7 Å². The molecule has 0 spiro atoms. The predicted molar refractivity (Wildman–Crippen MR) is 125 cm³/mol. The van der Waals surface area contributed by atoms with Crippen molar-refractivity contribution in [2.24, 2.45) is 0 Å². The van der Waals surface area contributed by atoms with Crippen molar-refractivity contribution in [2.75, 3.05) is 11.6 Å². The molecule has 0 radical (unpaired) electrons. The number of hydrogen-bond acceptors (Lipinski definition) is 5. The highest BCUT2D eigenvalue weighted by atomic mass is 35.5. The zero-order valence-corrected chi connectivity index (χ0v) is 18.9. The number of sulfone groups is 1. The number of fused-ring (bicyclic) bond motifs is 1. The van der Waals surface area contributed by atoms with Gasteiger partial charge in [-0.15, -0.1) is 11.8 Å². The van der Waals surface area contributed by atoms with Gasteiger partial charge in [0.1, 0.15) is 5.58 Å². The number of carbonyl (C=O) groups is 1. The number of carbonyl (C=O) groups excluding carboxylic acids is 1. The number of amides is 1. The highest BCUT2D eigenvalue weighted by Gasteiger charge is 2.21. The molecule has 0 aliphatic heterocycles. The van der Waals surface area contributed by atoms with Gasteiger partial charge >= 0.3 is 0 Å². The highest BCUT2D eigenvalue weighted by Crippen LogP contribution is 2.33. The zero-order valence-electron chi connectivity index (χ0n) is 16.5. The summed E-state index contributed by atoms with van der Waals surface area (Å²) in [5.74, 6) is 0.374. The minimum atomic E-state index is -3.30. The molecule has 31 heavy (non-hydrogen) atoms. The van der Waals surface area contributed by atoms with Crippen LogP contribution in [0.15, 0.2) is 87.0 Å². The number of nitrogens with one attached hydrogen (secondary N) is 1. The van der Waals surface area contributed by atoms with E-state index in [4.69, 9.17) is 16.0 Å². The first-order valence-corrected chi connectivity index (χ1v) is 12.6. The van der Waals surface area contributed by atoms with Crippen molar-refractivity contribution in [3.8, 4) is 0 Å². The van der Waals surface area contributed by atoms with Crippen LogP contribution < -0.4 is 5.32 Å². The summed E-state index contributed by atoms with van der Waals surface area (Å²) in [4.78, 5) is 14.2. The van der Waals surface area contributed by atoms with E-state index in [1.807, 2.05) is 48.5 Å². The lowest BCUT2D eigenvalue weighted by atomic mass is 10.1. The molecule has 0 saturated carbocycles. The molecule has 3 aromatic carbocycles. The van der Waals surface area contributed by atoms with Crippen LogP contribution in [0.1, 0.15) is 16.1 Å². The maximum Gasteiger partial charge on any atom is 0.291 e. The Morgan fingerprint density at radius 3 is 2.35 bits per heavy atom. The largest absolute Gasteiger partial charge is 0.451 e. The molecule has 0 saturated heterocycles. The molecule has 4 aromatic rings. The minimum absolute atomic E-state index is 0.189. The summed E-state index contributed by atoms with van der Waals surface area (Å²) in [5.41, 5.74) is 1.90. The first-order valence-electron chi connectivity index (χ1n) is 9.31. The summed E-state index contributed by atoms with van der Waals surface area (Å²) in [6.07, 6.45) is 1.14. The van der Waals surface area contributed by atoms with Crippen LogP contribution in [0.2, 0.25) is 5.02 Å². The molecular weight excluding hydrogens is 454 g/mol. The first kappa shape index (κ1) is 21.5. The molecular formula is C23H18ClNO4S2. The molecule has 0 fully saturated rings. The summed E-state index contributed by atoms with van der Waals surface area (Å²) in [6.45, 7) is 0. The van der Waals surface area contributed by atoms with Crippen LogP contribution in [0.5, 0.6) is 0 Å². The van der Waals surface area contributed by atoms with E-state index in [-0.39, 0.29) is 10.7 Å². The van der Waals surface area contributed by atoms with Crippen molar-refractivity contribution >= 4 is 55.8 Å². The Morgan fingerprint density at radius 2 is 1.68 bits per heavy atom. The van der Waals surface area contributed by atoms with Gasteiger partial charge in [-0.25, -0.2) is 8.42 Å². The molecule has 0 aliphatic rings. The maximum atomic E-state index is 13.0. The Morgan fingerprint density at radius 1 is 1.00 bits per heavy atom. The standard InChI is InChI=1S/C23H18ClNO4S2/c1-31(27,28)18-12-8-16(9-13-18)25-23(26)22-20(19-4-2-3-5-21(19)29-22)14-30-17-10-6-15(24)7-11-17/h2-13H,14H2,1H3,(H,25,26). The number of halogens is 1. The smallest absolute Gasteiger partial charge is 0.291 e. The predicted octanol–water partition coefficient (Wildman–Crippen LogP) is 6.03. The van der Waals surface area contributed by atoms with Gasteiger partial charge in [0, 0.05) is 38.6 Å².